The van der Waals surface area contributed by atoms with Crippen molar-refractivity contribution in [2.75, 3.05) is 20.2 Å². The lowest BCUT2D eigenvalue weighted by atomic mass is 10.3. The summed E-state index contributed by atoms with van der Waals surface area (Å²) < 4.78 is 28.4. The van der Waals surface area contributed by atoms with Crippen LogP contribution in [0.15, 0.2) is 0 Å². The van der Waals surface area contributed by atoms with Crippen LogP contribution < -0.4 is 0 Å². The monoisotopic (exact) mass is 195 g/mol. The molecule has 0 N–H and O–H groups in total. The standard InChI is InChI=1S/C8H15F2NO2/c1-6(2)11(4-7(9)10)5-8(12)13-3/h6-7H,4-5H2,1-3H3. The Bertz CT molecular complexity index is 162. The smallest absolute Gasteiger partial charge is 0.319 e. The molecule has 0 heterocycles. The number of nitrogens with zero attached hydrogens (tertiary/aromatic N) is 1. The third-order valence-electron chi connectivity index (χ3n) is 1.66. The fourth-order valence-corrected chi connectivity index (χ4v) is 0.866. The van der Waals surface area contributed by atoms with E-state index in [2.05, 4.69) is 4.74 Å². The van der Waals surface area contributed by atoms with Gasteiger partial charge in [0.1, 0.15) is 0 Å². The van der Waals surface area contributed by atoms with Gasteiger partial charge in [0.25, 0.3) is 6.43 Å². The summed E-state index contributed by atoms with van der Waals surface area (Å²) in [6.07, 6.45) is -2.42. The Hall–Kier alpha value is -0.710. The summed E-state index contributed by atoms with van der Waals surface area (Å²) in [5.41, 5.74) is 0. The molecule has 0 aliphatic heterocycles. The highest BCUT2D eigenvalue weighted by molar-refractivity contribution is 5.71. The Balaban J connectivity index is 4.02. The van der Waals surface area contributed by atoms with E-state index in [1.54, 1.807) is 13.8 Å². The second kappa shape index (κ2) is 5.85. The number of alkyl halides is 2. The predicted octanol–water partition coefficient (Wildman–Crippen LogP) is 1.13. The van der Waals surface area contributed by atoms with Gasteiger partial charge in [-0.3, -0.25) is 9.69 Å². The lowest BCUT2D eigenvalue weighted by Gasteiger charge is -2.24. The summed E-state index contributed by atoms with van der Waals surface area (Å²) in [5.74, 6) is -0.491. The van der Waals surface area contributed by atoms with Crippen molar-refractivity contribution < 1.29 is 18.3 Å². The Labute approximate surface area is 76.7 Å². The average Bonchev–Trinajstić information content (AvgIpc) is 2.02. The molecular formula is C8H15F2NO2. The van der Waals surface area contributed by atoms with Crippen molar-refractivity contribution in [1.82, 2.24) is 4.90 Å². The molecule has 0 atom stereocenters. The molecule has 0 aromatic carbocycles. The molecule has 0 fully saturated rings. The highest BCUT2D eigenvalue weighted by Crippen LogP contribution is 2.03. The molecule has 0 bridgehead atoms. The van der Waals surface area contributed by atoms with Crippen LogP contribution >= 0.6 is 0 Å². The van der Waals surface area contributed by atoms with E-state index in [9.17, 15) is 13.6 Å². The lowest BCUT2D eigenvalue weighted by molar-refractivity contribution is -0.142. The molecule has 0 amide bonds. The van der Waals surface area contributed by atoms with Crippen molar-refractivity contribution in [2.24, 2.45) is 0 Å². The van der Waals surface area contributed by atoms with E-state index in [1.807, 2.05) is 0 Å². The number of carbonyl (C=O) groups excluding carboxylic acids is 1. The largest absolute Gasteiger partial charge is 0.468 e. The first-order valence-corrected chi connectivity index (χ1v) is 4.06. The van der Waals surface area contributed by atoms with E-state index in [-0.39, 0.29) is 12.6 Å². The van der Waals surface area contributed by atoms with Gasteiger partial charge in [0.05, 0.1) is 20.2 Å². The average molecular weight is 195 g/mol. The number of hydrogen-bond donors (Lipinski definition) is 0. The zero-order valence-corrected chi connectivity index (χ0v) is 8.09. The van der Waals surface area contributed by atoms with Gasteiger partial charge >= 0.3 is 5.97 Å². The van der Waals surface area contributed by atoms with E-state index < -0.39 is 18.9 Å². The van der Waals surface area contributed by atoms with Gasteiger partial charge in [-0.05, 0) is 13.8 Å². The minimum absolute atomic E-state index is 0.0848. The molecule has 0 spiro atoms. The summed E-state index contributed by atoms with van der Waals surface area (Å²) >= 11 is 0. The van der Waals surface area contributed by atoms with Crippen molar-refractivity contribution in [3.05, 3.63) is 0 Å². The SMILES string of the molecule is COC(=O)CN(CC(F)F)C(C)C. The van der Waals surface area contributed by atoms with Gasteiger partial charge in [0.15, 0.2) is 0 Å². The molecule has 0 aliphatic carbocycles. The van der Waals surface area contributed by atoms with Gasteiger partial charge in [-0.1, -0.05) is 0 Å². The molecule has 0 aliphatic rings. The summed E-state index contributed by atoms with van der Waals surface area (Å²) in [5, 5.41) is 0. The first-order valence-electron chi connectivity index (χ1n) is 4.06. The quantitative estimate of drug-likeness (QED) is 0.616. The molecular weight excluding hydrogens is 180 g/mol. The Morgan fingerprint density at radius 1 is 1.46 bits per heavy atom. The van der Waals surface area contributed by atoms with Crippen LogP contribution in [0, 0.1) is 0 Å². The van der Waals surface area contributed by atoms with Gasteiger partial charge in [-0.15, -0.1) is 0 Å². The summed E-state index contributed by atoms with van der Waals surface area (Å²) in [6, 6.07) is -0.0897. The minimum atomic E-state index is -2.42. The molecule has 0 rings (SSSR count). The van der Waals surface area contributed by atoms with Crippen LogP contribution in [0.4, 0.5) is 8.78 Å². The molecule has 5 heteroatoms. The zero-order chi connectivity index (χ0) is 10.4. The van der Waals surface area contributed by atoms with Crippen LogP contribution in [0.3, 0.4) is 0 Å². The maximum Gasteiger partial charge on any atom is 0.319 e. The van der Waals surface area contributed by atoms with E-state index >= 15 is 0 Å². The van der Waals surface area contributed by atoms with Crippen LogP contribution in [0.2, 0.25) is 0 Å². The van der Waals surface area contributed by atoms with Crippen molar-refractivity contribution in [2.45, 2.75) is 26.3 Å². The maximum atomic E-state index is 12.0. The summed E-state index contributed by atoms with van der Waals surface area (Å²) in [4.78, 5) is 12.2. The second-order valence-corrected chi connectivity index (χ2v) is 2.99. The fraction of sp³-hybridized carbons (Fsp3) is 0.875. The van der Waals surface area contributed by atoms with Gasteiger partial charge in [-0.2, -0.15) is 0 Å². The fourth-order valence-electron chi connectivity index (χ4n) is 0.866. The molecule has 0 saturated carbocycles. The second-order valence-electron chi connectivity index (χ2n) is 2.99. The molecule has 3 nitrogen and oxygen atoms in total. The molecule has 13 heavy (non-hydrogen) atoms. The number of methoxy groups -OCH3 is 1. The first-order chi connectivity index (χ1) is 5.97. The molecule has 0 aromatic heterocycles. The maximum absolute atomic E-state index is 12.0. The van der Waals surface area contributed by atoms with E-state index in [4.69, 9.17) is 0 Å². The third-order valence-corrected chi connectivity index (χ3v) is 1.66. The summed E-state index contributed by atoms with van der Waals surface area (Å²) in [7, 11) is 1.24. The van der Waals surface area contributed by atoms with Gasteiger partial charge < -0.3 is 4.74 Å². The van der Waals surface area contributed by atoms with E-state index in [0.717, 1.165) is 0 Å². The van der Waals surface area contributed by atoms with Crippen LogP contribution in [0.25, 0.3) is 0 Å². The van der Waals surface area contributed by atoms with E-state index in [1.165, 1.54) is 12.0 Å². The van der Waals surface area contributed by atoms with Crippen molar-refractivity contribution in [1.29, 1.82) is 0 Å². The van der Waals surface area contributed by atoms with Gasteiger partial charge in [-0.25, -0.2) is 8.78 Å². The molecule has 78 valence electrons. The van der Waals surface area contributed by atoms with Crippen LogP contribution in [-0.2, 0) is 9.53 Å². The summed E-state index contributed by atoms with van der Waals surface area (Å²) in [6.45, 7) is 3.03. The first kappa shape index (κ1) is 12.3. The lowest BCUT2D eigenvalue weighted by Crippen LogP contribution is -2.39. The normalized spacial score (nSPS) is 11.4. The van der Waals surface area contributed by atoms with Gasteiger partial charge in [0.2, 0.25) is 0 Å². The zero-order valence-electron chi connectivity index (χ0n) is 8.09. The van der Waals surface area contributed by atoms with Crippen molar-refractivity contribution >= 4 is 5.97 Å². The molecule has 0 radical (unpaired) electrons. The number of esters is 1. The topological polar surface area (TPSA) is 29.5 Å². The number of ether oxygens (including phenoxy) is 1. The number of hydrogen-bond acceptors (Lipinski definition) is 3. The van der Waals surface area contributed by atoms with Gasteiger partial charge in [0, 0.05) is 6.04 Å². The molecule has 0 saturated heterocycles. The Morgan fingerprint density at radius 2 is 2.00 bits per heavy atom. The highest BCUT2D eigenvalue weighted by atomic mass is 19.3. The Morgan fingerprint density at radius 3 is 2.31 bits per heavy atom. The number of carbonyl (C=O) groups is 1. The Kier molecular flexibility index (Phi) is 5.53. The van der Waals surface area contributed by atoms with E-state index in [0.29, 0.717) is 0 Å². The number of halogens is 2. The molecule has 0 aromatic rings. The number of rotatable bonds is 5. The minimum Gasteiger partial charge on any atom is -0.468 e. The van der Waals surface area contributed by atoms with Crippen LogP contribution in [0.1, 0.15) is 13.8 Å². The van der Waals surface area contributed by atoms with Crippen molar-refractivity contribution in [3.8, 4) is 0 Å². The van der Waals surface area contributed by atoms with Crippen LogP contribution in [0.5, 0.6) is 0 Å². The van der Waals surface area contributed by atoms with Crippen molar-refractivity contribution in [3.63, 3.8) is 0 Å². The highest BCUT2D eigenvalue weighted by Gasteiger charge is 2.18. The third kappa shape index (κ3) is 5.52. The predicted molar refractivity (Wildman–Crippen MR) is 44.7 cm³/mol. The van der Waals surface area contributed by atoms with Crippen LogP contribution in [-0.4, -0.2) is 43.5 Å². The molecule has 0 unspecified atom stereocenters.